The topological polar surface area (TPSA) is 121 Å². The molecule has 8 nitrogen and oxygen atoms in total. The molecular formula is C18H14N6O2S. The summed E-state index contributed by atoms with van der Waals surface area (Å²) in [5, 5.41) is 12.1. The van der Waals surface area contributed by atoms with E-state index in [0.29, 0.717) is 11.5 Å². The van der Waals surface area contributed by atoms with Gasteiger partial charge in [-0.3, -0.25) is 5.43 Å². The maximum Gasteiger partial charge on any atom is 0.258 e. The molecule has 2 heterocycles. The molecule has 0 atom stereocenters. The number of rotatable bonds is 4. The van der Waals surface area contributed by atoms with Crippen molar-refractivity contribution < 1.29 is 8.42 Å². The van der Waals surface area contributed by atoms with Gasteiger partial charge in [-0.15, -0.1) is 0 Å². The predicted octanol–water partition coefficient (Wildman–Crippen LogP) is 2.57. The third-order valence-corrected chi connectivity index (χ3v) is 4.97. The molecule has 0 amide bonds. The molecule has 0 unspecified atom stereocenters. The molecule has 3 aromatic rings. The van der Waals surface area contributed by atoms with E-state index in [9.17, 15) is 13.7 Å². The standard InChI is InChI=1S/C18H14N6O2S/c1-13-20-10-8-16(22-13)14-5-4-6-15(11-14)23-24-18(12-19)27(25,26)17-7-2-3-9-21-17/h2-11,23H,1H3/b24-18-. The summed E-state index contributed by atoms with van der Waals surface area (Å²) in [4.78, 5) is 12.2. The molecule has 0 radical (unpaired) electrons. The molecule has 0 saturated heterocycles. The lowest BCUT2D eigenvalue weighted by atomic mass is 10.1. The highest BCUT2D eigenvalue weighted by Crippen LogP contribution is 2.21. The van der Waals surface area contributed by atoms with Gasteiger partial charge < -0.3 is 0 Å². The first-order chi connectivity index (χ1) is 13.0. The van der Waals surface area contributed by atoms with E-state index < -0.39 is 14.9 Å². The van der Waals surface area contributed by atoms with Crippen molar-refractivity contribution in [2.24, 2.45) is 5.10 Å². The van der Waals surface area contributed by atoms with Crippen LogP contribution in [0.15, 0.2) is 71.1 Å². The zero-order valence-electron chi connectivity index (χ0n) is 14.2. The Morgan fingerprint density at radius 3 is 2.67 bits per heavy atom. The molecular weight excluding hydrogens is 364 g/mol. The Morgan fingerprint density at radius 2 is 1.96 bits per heavy atom. The van der Waals surface area contributed by atoms with Gasteiger partial charge in [-0.1, -0.05) is 18.2 Å². The van der Waals surface area contributed by atoms with Crippen LogP contribution >= 0.6 is 0 Å². The van der Waals surface area contributed by atoms with Crippen LogP contribution in [0.4, 0.5) is 5.69 Å². The molecule has 0 fully saturated rings. The fourth-order valence-corrected chi connectivity index (χ4v) is 3.17. The molecule has 2 aromatic heterocycles. The average Bonchev–Trinajstić information content (AvgIpc) is 2.69. The van der Waals surface area contributed by atoms with E-state index in [1.807, 2.05) is 6.07 Å². The summed E-state index contributed by atoms with van der Waals surface area (Å²) in [5.41, 5.74) is 4.64. The number of nitriles is 1. The molecule has 0 bridgehead atoms. The monoisotopic (exact) mass is 378 g/mol. The number of anilines is 1. The lowest BCUT2D eigenvalue weighted by Gasteiger charge is -2.06. The van der Waals surface area contributed by atoms with Crippen molar-refractivity contribution in [2.75, 3.05) is 5.43 Å². The second kappa shape index (κ2) is 7.72. The lowest BCUT2D eigenvalue weighted by Crippen LogP contribution is -2.16. The first-order valence-electron chi connectivity index (χ1n) is 7.81. The normalized spacial score (nSPS) is 11.6. The molecule has 0 spiro atoms. The summed E-state index contributed by atoms with van der Waals surface area (Å²) in [6.45, 7) is 1.79. The van der Waals surface area contributed by atoms with Gasteiger partial charge in [0.25, 0.3) is 14.9 Å². The van der Waals surface area contributed by atoms with Crippen LogP contribution in [0.1, 0.15) is 5.82 Å². The van der Waals surface area contributed by atoms with E-state index >= 15 is 0 Å². The van der Waals surface area contributed by atoms with Gasteiger partial charge in [-0.05, 0) is 37.3 Å². The quantitative estimate of drug-likeness (QED) is 0.421. The van der Waals surface area contributed by atoms with Gasteiger partial charge in [-0.2, -0.15) is 10.4 Å². The number of pyridine rings is 1. The number of nitrogens with zero attached hydrogens (tertiary/aromatic N) is 5. The molecule has 0 aliphatic carbocycles. The fourth-order valence-electron chi connectivity index (χ4n) is 2.23. The SMILES string of the molecule is Cc1nccc(-c2cccc(N/N=C(/C#N)S(=O)(=O)c3ccccn3)c2)n1. The molecule has 0 saturated carbocycles. The predicted molar refractivity (Wildman–Crippen MR) is 100 cm³/mol. The first kappa shape index (κ1) is 18.2. The van der Waals surface area contributed by atoms with Gasteiger partial charge in [-0.25, -0.2) is 23.4 Å². The van der Waals surface area contributed by atoms with Crippen molar-refractivity contribution in [2.45, 2.75) is 11.9 Å². The summed E-state index contributed by atoms with van der Waals surface area (Å²) in [7, 11) is -4.09. The van der Waals surface area contributed by atoms with Gasteiger partial charge >= 0.3 is 0 Å². The second-order valence-electron chi connectivity index (χ2n) is 5.38. The fraction of sp³-hybridized carbons (Fsp3) is 0.0556. The second-order valence-corrected chi connectivity index (χ2v) is 7.19. The summed E-state index contributed by atoms with van der Waals surface area (Å²) < 4.78 is 24.9. The summed E-state index contributed by atoms with van der Waals surface area (Å²) in [5.74, 6) is 0.636. The molecule has 1 N–H and O–H groups in total. The van der Waals surface area contributed by atoms with Crippen LogP contribution in [0.2, 0.25) is 0 Å². The Morgan fingerprint density at radius 1 is 1.11 bits per heavy atom. The van der Waals surface area contributed by atoms with Crippen molar-refractivity contribution >= 4 is 20.6 Å². The minimum absolute atomic E-state index is 0.239. The molecule has 3 rings (SSSR count). The van der Waals surface area contributed by atoms with Crippen molar-refractivity contribution in [3.8, 4) is 17.3 Å². The van der Waals surface area contributed by atoms with Gasteiger partial charge in [0.05, 0.1) is 11.4 Å². The maximum atomic E-state index is 12.4. The smallest absolute Gasteiger partial charge is 0.258 e. The van der Waals surface area contributed by atoms with Crippen LogP contribution in [-0.2, 0) is 9.84 Å². The highest BCUT2D eigenvalue weighted by atomic mass is 32.2. The number of hydrogen-bond acceptors (Lipinski definition) is 8. The average molecular weight is 378 g/mol. The van der Waals surface area contributed by atoms with Crippen LogP contribution in [0.25, 0.3) is 11.3 Å². The van der Waals surface area contributed by atoms with Gasteiger partial charge in [0.2, 0.25) is 0 Å². The van der Waals surface area contributed by atoms with Crippen molar-refractivity contribution in [1.29, 1.82) is 5.26 Å². The number of benzene rings is 1. The Labute approximate surface area is 156 Å². The molecule has 0 aliphatic rings. The lowest BCUT2D eigenvalue weighted by molar-refractivity contribution is 0.604. The molecule has 1 aromatic carbocycles. The van der Waals surface area contributed by atoms with E-state index in [1.54, 1.807) is 49.5 Å². The van der Waals surface area contributed by atoms with E-state index in [1.165, 1.54) is 18.3 Å². The zero-order valence-corrected chi connectivity index (χ0v) is 15.1. The first-order valence-corrected chi connectivity index (χ1v) is 9.29. The van der Waals surface area contributed by atoms with Gasteiger partial charge in [0.1, 0.15) is 11.9 Å². The summed E-state index contributed by atoms with van der Waals surface area (Å²) in [6, 6.07) is 14.8. The number of hydrazone groups is 1. The number of aromatic nitrogens is 3. The van der Waals surface area contributed by atoms with E-state index in [-0.39, 0.29) is 5.03 Å². The highest BCUT2D eigenvalue weighted by molar-refractivity contribution is 8.07. The third kappa shape index (κ3) is 4.13. The Hall–Kier alpha value is -3.64. The van der Waals surface area contributed by atoms with Crippen molar-refractivity contribution in [1.82, 2.24) is 15.0 Å². The van der Waals surface area contributed by atoms with Crippen molar-refractivity contribution in [3.05, 3.63) is 66.7 Å². The van der Waals surface area contributed by atoms with Crippen LogP contribution in [0, 0.1) is 18.3 Å². The van der Waals surface area contributed by atoms with Crippen LogP contribution in [0.3, 0.4) is 0 Å². The van der Waals surface area contributed by atoms with Crippen LogP contribution in [-0.4, -0.2) is 28.4 Å². The molecule has 9 heteroatoms. The number of nitrogens with one attached hydrogen (secondary N) is 1. The maximum absolute atomic E-state index is 12.4. The molecule has 134 valence electrons. The minimum atomic E-state index is -4.09. The third-order valence-electron chi connectivity index (χ3n) is 3.48. The largest absolute Gasteiger partial charge is 0.276 e. The molecule has 27 heavy (non-hydrogen) atoms. The van der Waals surface area contributed by atoms with Gasteiger partial charge in [0.15, 0.2) is 5.03 Å². The Kier molecular flexibility index (Phi) is 5.19. The number of sulfone groups is 1. The Balaban J connectivity index is 1.89. The number of hydrogen-bond donors (Lipinski definition) is 1. The van der Waals surface area contributed by atoms with Crippen LogP contribution in [0.5, 0.6) is 0 Å². The van der Waals surface area contributed by atoms with E-state index in [0.717, 1.165) is 11.3 Å². The van der Waals surface area contributed by atoms with Crippen molar-refractivity contribution in [3.63, 3.8) is 0 Å². The van der Waals surface area contributed by atoms with Gasteiger partial charge in [0, 0.05) is 18.0 Å². The summed E-state index contributed by atoms with van der Waals surface area (Å²) >= 11 is 0. The highest BCUT2D eigenvalue weighted by Gasteiger charge is 2.24. The van der Waals surface area contributed by atoms with E-state index in [2.05, 4.69) is 25.5 Å². The molecule has 0 aliphatic heterocycles. The number of aryl methyl sites for hydroxylation is 1. The summed E-state index contributed by atoms with van der Waals surface area (Å²) in [6.07, 6.45) is 2.99. The minimum Gasteiger partial charge on any atom is -0.276 e. The van der Waals surface area contributed by atoms with Crippen LogP contribution < -0.4 is 5.43 Å². The Bertz CT molecular complexity index is 1140. The zero-order chi connectivity index (χ0) is 19.3. The van der Waals surface area contributed by atoms with E-state index in [4.69, 9.17) is 0 Å².